The Morgan fingerprint density at radius 3 is 2.78 bits per heavy atom. The molecule has 3 nitrogen and oxygen atoms in total. The van der Waals surface area contributed by atoms with E-state index in [1.807, 2.05) is 25.1 Å². The lowest BCUT2D eigenvalue weighted by atomic mass is 9.96. The van der Waals surface area contributed by atoms with Crippen LogP contribution in [0.4, 0.5) is 5.69 Å². The number of hydrogen-bond acceptors (Lipinski definition) is 3. The molecule has 1 aliphatic heterocycles. The average molecular weight is 269 g/mol. The highest BCUT2D eigenvalue weighted by molar-refractivity contribution is 6.33. The highest BCUT2D eigenvalue weighted by Crippen LogP contribution is 2.31. The molecule has 0 bridgehead atoms. The Morgan fingerprint density at radius 2 is 2.22 bits per heavy atom. The monoisotopic (exact) mass is 268 g/mol. The second-order valence-electron chi connectivity index (χ2n) is 5.28. The van der Waals surface area contributed by atoms with Crippen molar-refractivity contribution in [2.75, 3.05) is 18.0 Å². The second-order valence-corrected chi connectivity index (χ2v) is 5.69. The number of benzene rings is 1. The lowest BCUT2D eigenvalue weighted by Gasteiger charge is -2.36. The van der Waals surface area contributed by atoms with Crippen molar-refractivity contribution >= 4 is 17.3 Å². The van der Waals surface area contributed by atoms with Crippen molar-refractivity contribution in [1.29, 1.82) is 0 Å². The van der Waals surface area contributed by atoms with Crippen molar-refractivity contribution in [2.45, 2.75) is 32.4 Å². The SMILES string of the molecule is CC1CN(c2ccc([C@H](C)N)cc2Cl)CCC1O. The minimum atomic E-state index is -0.191. The van der Waals surface area contributed by atoms with E-state index in [4.69, 9.17) is 17.3 Å². The van der Waals surface area contributed by atoms with E-state index in [1.54, 1.807) is 0 Å². The molecule has 1 fully saturated rings. The zero-order chi connectivity index (χ0) is 13.3. The first-order chi connectivity index (χ1) is 8.49. The minimum absolute atomic E-state index is 0.00125. The largest absolute Gasteiger partial charge is 0.393 e. The Labute approximate surface area is 114 Å². The Morgan fingerprint density at radius 1 is 1.50 bits per heavy atom. The smallest absolute Gasteiger partial charge is 0.0642 e. The van der Waals surface area contributed by atoms with Gasteiger partial charge in [-0.05, 0) is 37.0 Å². The summed E-state index contributed by atoms with van der Waals surface area (Å²) in [5.41, 5.74) is 7.94. The summed E-state index contributed by atoms with van der Waals surface area (Å²) in [5, 5.41) is 10.5. The van der Waals surface area contributed by atoms with Crippen LogP contribution in [0.25, 0.3) is 0 Å². The fraction of sp³-hybridized carbons (Fsp3) is 0.571. The standard InChI is InChI=1S/C14H21ClN2O/c1-9-8-17(6-5-14(9)18)13-4-3-11(10(2)16)7-12(13)15/h3-4,7,9-10,14,18H,5-6,8,16H2,1-2H3/t9?,10-,14?/m0/s1. The summed E-state index contributed by atoms with van der Waals surface area (Å²) < 4.78 is 0. The molecule has 1 aliphatic rings. The summed E-state index contributed by atoms with van der Waals surface area (Å²) in [7, 11) is 0. The lowest BCUT2D eigenvalue weighted by Crippen LogP contribution is -2.42. The van der Waals surface area contributed by atoms with Crippen LogP contribution in [0.2, 0.25) is 5.02 Å². The van der Waals surface area contributed by atoms with Gasteiger partial charge in [0.25, 0.3) is 0 Å². The maximum absolute atomic E-state index is 9.75. The third kappa shape index (κ3) is 2.79. The van der Waals surface area contributed by atoms with Crippen LogP contribution in [-0.2, 0) is 0 Å². The van der Waals surface area contributed by atoms with Crippen LogP contribution >= 0.6 is 11.6 Å². The average Bonchev–Trinajstić information content (AvgIpc) is 2.32. The molecule has 1 aromatic rings. The predicted octanol–water partition coefficient (Wildman–Crippen LogP) is 2.57. The molecule has 2 unspecified atom stereocenters. The van der Waals surface area contributed by atoms with Gasteiger partial charge in [0, 0.05) is 19.1 Å². The summed E-state index contributed by atoms with van der Waals surface area (Å²) in [6, 6.07) is 6.00. The van der Waals surface area contributed by atoms with Gasteiger partial charge in [-0.2, -0.15) is 0 Å². The van der Waals surface area contributed by atoms with Crippen LogP contribution in [0.5, 0.6) is 0 Å². The normalized spacial score (nSPS) is 26.2. The van der Waals surface area contributed by atoms with Crippen molar-refractivity contribution in [1.82, 2.24) is 0 Å². The first-order valence-electron chi connectivity index (χ1n) is 6.47. The van der Waals surface area contributed by atoms with Crippen molar-refractivity contribution in [3.63, 3.8) is 0 Å². The Kier molecular flexibility index (Phi) is 4.15. The Bertz CT molecular complexity index is 422. The molecule has 2 rings (SSSR count). The van der Waals surface area contributed by atoms with Crippen molar-refractivity contribution in [2.24, 2.45) is 11.7 Å². The first kappa shape index (κ1) is 13.7. The molecule has 0 amide bonds. The van der Waals surface area contributed by atoms with E-state index in [-0.39, 0.29) is 18.1 Å². The molecule has 18 heavy (non-hydrogen) atoms. The van der Waals surface area contributed by atoms with Gasteiger partial charge in [0.05, 0.1) is 16.8 Å². The van der Waals surface area contributed by atoms with Gasteiger partial charge in [0.2, 0.25) is 0 Å². The van der Waals surface area contributed by atoms with E-state index in [1.165, 1.54) is 0 Å². The third-order valence-corrected chi connectivity index (χ3v) is 4.00. The Balaban J connectivity index is 2.19. The third-order valence-electron chi connectivity index (χ3n) is 3.70. The molecule has 0 spiro atoms. The highest BCUT2D eigenvalue weighted by Gasteiger charge is 2.25. The molecule has 3 N–H and O–H groups in total. The summed E-state index contributed by atoms with van der Waals surface area (Å²) in [6.07, 6.45) is 0.607. The number of anilines is 1. The number of nitrogens with two attached hydrogens (primary N) is 1. The second kappa shape index (κ2) is 5.47. The van der Waals surface area contributed by atoms with E-state index in [0.717, 1.165) is 35.8 Å². The van der Waals surface area contributed by atoms with Gasteiger partial charge in [0.1, 0.15) is 0 Å². The number of hydrogen-bond donors (Lipinski definition) is 2. The van der Waals surface area contributed by atoms with Crippen LogP contribution in [0, 0.1) is 5.92 Å². The Hall–Kier alpha value is -0.770. The zero-order valence-corrected chi connectivity index (χ0v) is 11.7. The van der Waals surface area contributed by atoms with Gasteiger partial charge in [-0.3, -0.25) is 0 Å². The number of aliphatic hydroxyl groups excluding tert-OH is 1. The van der Waals surface area contributed by atoms with Gasteiger partial charge in [0.15, 0.2) is 0 Å². The van der Waals surface area contributed by atoms with Crippen molar-refractivity contribution in [3.8, 4) is 0 Å². The van der Waals surface area contributed by atoms with Gasteiger partial charge in [-0.1, -0.05) is 24.6 Å². The maximum Gasteiger partial charge on any atom is 0.0642 e. The highest BCUT2D eigenvalue weighted by atomic mass is 35.5. The molecule has 0 aliphatic carbocycles. The molecule has 4 heteroatoms. The first-order valence-corrected chi connectivity index (χ1v) is 6.85. The van der Waals surface area contributed by atoms with Crippen LogP contribution in [-0.4, -0.2) is 24.3 Å². The fourth-order valence-electron chi connectivity index (χ4n) is 2.41. The maximum atomic E-state index is 9.75. The van der Waals surface area contributed by atoms with Gasteiger partial charge in [-0.25, -0.2) is 0 Å². The van der Waals surface area contributed by atoms with Gasteiger partial charge >= 0.3 is 0 Å². The quantitative estimate of drug-likeness (QED) is 0.867. The summed E-state index contributed by atoms with van der Waals surface area (Å²) in [6.45, 7) is 5.72. The van der Waals surface area contributed by atoms with Crippen LogP contribution in [0.15, 0.2) is 18.2 Å². The van der Waals surface area contributed by atoms with E-state index in [9.17, 15) is 5.11 Å². The molecule has 1 saturated heterocycles. The number of aliphatic hydroxyl groups is 1. The number of halogens is 1. The molecule has 3 atom stereocenters. The van der Waals surface area contributed by atoms with Gasteiger partial charge < -0.3 is 15.7 Å². The summed E-state index contributed by atoms with van der Waals surface area (Å²) in [4.78, 5) is 2.24. The molecule has 0 radical (unpaired) electrons. The number of nitrogens with zero attached hydrogens (tertiary/aromatic N) is 1. The summed E-state index contributed by atoms with van der Waals surface area (Å²) >= 11 is 6.33. The van der Waals surface area contributed by atoms with E-state index in [2.05, 4.69) is 11.8 Å². The number of piperidine rings is 1. The number of rotatable bonds is 2. The zero-order valence-electron chi connectivity index (χ0n) is 10.9. The molecular formula is C14H21ClN2O. The van der Waals surface area contributed by atoms with Crippen molar-refractivity contribution < 1.29 is 5.11 Å². The molecule has 1 aromatic carbocycles. The van der Waals surface area contributed by atoms with Crippen molar-refractivity contribution in [3.05, 3.63) is 28.8 Å². The van der Waals surface area contributed by atoms with Crippen LogP contribution < -0.4 is 10.6 Å². The molecular weight excluding hydrogens is 248 g/mol. The van der Waals surface area contributed by atoms with E-state index >= 15 is 0 Å². The lowest BCUT2D eigenvalue weighted by molar-refractivity contribution is 0.0971. The molecule has 1 heterocycles. The molecule has 100 valence electrons. The van der Waals surface area contributed by atoms with E-state index in [0.29, 0.717) is 0 Å². The minimum Gasteiger partial charge on any atom is -0.393 e. The predicted molar refractivity (Wildman–Crippen MR) is 76.1 cm³/mol. The summed E-state index contributed by atoms with van der Waals surface area (Å²) in [5.74, 6) is 0.280. The molecule has 0 saturated carbocycles. The van der Waals surface area contributed by atoms with E-state index < -0.39 is 0 Å². The topological polar surface area (TPSA) is 49.5 Å². The fourth-order valence-corrected chi connectivity index (χ4v) is 2.72. The van der Waals surface area contributed by atoms with Gasteiger partial charge in [-0.15, -0.1) is 0 Å². The van der Waals surface area contributed by atoms with Crippen LogP contribution in [0.3, 0.4) is 0 Å². The molecule has 0 aromatic heterocycles. The van der Waals surface area contributed by atoms with Crippen LogP contribution in [0.1, 0.15) is 31.9 Å².